The van der Waals surface area contributed by atoms with Crippen molar-refractivity contribution in [1.82, 2.24) is 5.32 Å². The quantitative estimate of drug-likeness (QED) is 0.844. The van der Waals surface area contributed by atoms with Crippen molar-refractivity contribution >= 4 is 29.7 Å². The summed E-state index contributed by atoms with van der Waals surface area (Å²) in [5, 5.41) is 14.2. The number of benzene rings is 2. The lowest BCUT2D eigenvalue weighted by molar-refractivity contribution is 0.142. The fourth-order valence-corrected chi connectivity index (χ4v) is 2.72. The highest BCUT2D eigenvalue weighted by Gasteiger charge is 2.25. The summed E-state index contributed by atoms with van der Waals surface area (Å²) in [6.45, 7) is 0.518. The molecule has 2 atom stereocenters. The Kier molecular flexibility index (Phi) is 7.69. The van der Waals surface area contributed by atoms with Gasteiger partial charge in [0.2, 0.25) is 0 Å². The highest BCUT2D eigenvalue weighted by atomic mass is 35.5. The second-order valence-corrected chi connectivity index (χ2v) is 5.51. The van der Waals surface area contributed by atoms with E-state index in [2.05, 4.69) is 10.2 Å². The SMILES string of the molecule is CNCC(O)C(c1ccccc1)N(C)c1cccc(Cl)c1.Cl. The van der Waals surface area contributed by atoms with Crippen LogP contribution in [0.1, 0.15) is 11.6 Å². The van der Waals surface area contributed by atoms with Crippen LogP contribution in [0.15, 0.2) is 54.6 Å². The maximum Gasteiger partial charge on any atom is 0.0909 e. The van der Waals surface area contributed by atoms with Crippen molar-refractivity contribution in [2.75, 3.05) is 25.5 Å². The van der Waals surface area contributed by atoms with E-state index in [4.69, 9.17) is 11.6 Å². The molecule has 0 aliphatic heterocycles. The van der Waals surface area contributed by atoms with Crippen LogP contribution in [-0.4, -0.2) is 31.9 Å². The Morgan fingerprint density at radius 1 is 1.14 bits per heavy atom. The van der Waals surface area contributed by atoms with Gasteiger partial charge in [0, 0.05) is 24.3 Å². The number of anilines is 1. The Hall–Kier alpha value is -1.26. The minimum Gasteiger partial charge on any atom is -0.389 e. The summed E-state index contributed by atoms with van der Waals surface area (Å²) in [7, 11) is 3.81. The number of aliphatic hydroxyl groups excluding tert-OH is 1. The normalized spacial score (nSPS) is 13.1. The third-order valence-electron chi connectivity index (χ3n) is 3.55. The third-order valence-corrected chi connectivity index (χ3v) is 3.79. The fourth-order valence-electron chi connectivity index (χ4n) is 2.53. The molecule has 0 aliphatic rings. The molecule has 0 saturated heterocycles. The van der Waals surface area contributed by atoms with E-state index in [9.17, 15) is 5.11 Å². The molecule has 0 aliphatic carbocycles. The van der Waals surface area contributed by atoms with Gasteiger partial charge < -0.3 is 15.3 Å². The van der Waals surface area contributed by atoms with E-state index in [1.54, 1.807) is 0 Å². The van der Waals surface area contributed by atoms with Gasteiger partial charge in [0.25, 0.3) is 0 Å². The summed E-state index contributed by atoms with van der Waals surface area (Å²) in [6, 6.07) is 17.5. The van der Waals surface area contributed by atoms with Gasteiger partial charge >= 0.3 is 0 Å². The standard InChI is InChI=1S/C17H21ClN2O.ClH/c1-19-12-16(21)17(13-7-4-3-5-8-13)20(2)15-10-6-9-14(18)11-15;/h3-11,16-17,19,21H,12H2,1-2H3;1H. The first-order valence-electron chi connectivity index (χ1n) is 6.99. The van der Waals surface area contributed by atoms with Crippen LogP contribution in [0.4, 0.5) is 5.69 Å². The summed E-state index contributed by atoms with van der Waals surface area (Å²) in [4.78, 5) is 2.06. The van der Waals surface area contributed by atoms with E-state index >= 15 is 0 Å². The average Bonchev–Trinajstić information content (AvgIpc) is 2.49. The summed E-state index contributed by atoms with van der Waals surface area (Å²) in [6.07, 6.45) is -0.526. The van der Waals surface area contributed by atoms with E-state index in [0.717, 1.165) is 11.3 Å². The van der Waals surface area contributed by atoms with Crippen LogP contribution in [0.3, 0.4) is 0 Å². The first-order valence-corrected chi connectivity index (χ1v) is 7.37. The molecule has 5 heteroatoms. The summed E-state index contributed by atoms with van der Waals surface area (Å²) >= 11 is 6.08. The predicted octanol–water partition coefficient (Wildman–Crippen LogP) is 3.52. The lowest BCUT2D eigenvalue weighted by Gasteiger charge is -2.34. The molecule has 2 unspecified atom stereocenters. The molecule has 0 saturated carbocycles. The molecule has 2 aromatic carbocycles. The van der Waals surface area contributed by atoms with E-state index in [1.165, 1.54) is 0 Å². The first-order chi connectivity index (χ1) is 10.1. The van der Waals surface area contributed by atoms with Gasteiger partial charge in [0.1, 0.15) is 0 Å². The minimum atomic E-state index is -0.526. The van der Waals surface area contributed by atoms with Crippen molar-refractivity contribution in [2.24, 2.45) is 0 Å². The number of halogens is 2. The Balaban J connectivity index is 0.00000242. The molecule has 2 rings (SSSR count). The molecular formula is C17H22Cl2N2O. The van der Waals surface area contributed by atoms with Gasteiger partial charge in [0.15, 0.2) is 0 Å². The zero-order valence-electron chi connectivity index (χ0n) is 12.7. The van der Waals surface area contributed by atoms with E-state index < -0.39 is 6.10 Å². The van der Waals surface area contributed by atoms with Crippen LogP contribution in [0.2, 0.25) is 5.02 Å². The van der Waals surface area contributed by atoms with Gasteiger partial charge in [-0.25, -0.2) is 0 Å². The summed E-state index contributed by atoms with van der Waals surface area (Å²) < 4.78 is 0. The molecular weight excluding hydrogens is 319 g/mol. The van der Waals surface area contributed by atoms with E-state index in [0.29, 0.717) is 11.6 Å². The average molecular weight is 341 g/mol. The molecule has 0 fully saturated rings. The molecule has 3 nitrogen and oxygen atoms in total. The molecule has 2 N–H and O–H groups in total. The van der Waals surface area contributed by atoms with Crippen LogP contribution >= 0.6 is 24.0 Å². The van der Waals surface area contributed by atoms with Gasteiger partial charge in [0.05, 0.1) is 12.1 Å². The van der Waals surface area contributed by atoms with E-state index in [-0.39, 0.29) is 18.4 Å². The maximum absolute atomic E-state index is 10.5. The van der Waals surface area contributed by atoms with Gasteiger partial charge in [-0.05, 0) is 30.8 Å². The van der Waals surface area contributed by atoms with Crippen LogP contribution in [0.25, 0.3) is 0 Å². The molecule has 2 aromatic rings. The zero-order valence-corrected chi connectivity index (χ0v) is 14.3. The summed E-state index contributed by atoms with van der Waals surface area (Å²) in [5.74, 6) is 0. The largest absolute Gasteiger partial charge is 0.389 e. The number of nitrogens with one attached hydrogen (secondary N) is 1. The van der Waals surface area contributed by atoms with Crippen molar-refractivity contribution in [3.05, 3.63) is 65.2 Å². The summed E-state index contributed by atoms with van der Waals surface area (Å²) in [5.41, 5.74) is 2.05. The molecule has 0 bridgehead atoms. The smallest absolute Gasteiger partial charge is 0.0909 e. The van der Waals surface area contributed by atoms with Gasteiger partial charge in [-0.3, -0.25) is 0 Å². The number of rotatable bonds is 6. The fraction of sp³-hybridized carbons (Fsp3) is 0.294. The third kappa shape index (κ3) is 4.62. The van der Waals surface area contributed by atoms with Gasteiger partial charge in [-0.2, -0.15) is 0 Å². The zero-order chi connectivity index (χ0) is 15.2. The van der Waals surface area contributed by atoms with Gasteiger partial charge in [-0.15, -0.1) is 12.4 Å². The van der Waals surface area contributed by atoms with Crippen molar-refractivity contribution < 1.29 is 5.11 Å². The topological polar surface area (TPSA) is 35.5 Å². The van der Waals surface area contributed by atoms with Crippen LogP contribution in [0.5, 0.6) is 0 Å². The van der Waals surface area contributed by atoms with E-state index in [1.807, 2.05) is 68.7 Å². The molecule has 0 aromatic heterocycles. The number of hydrogen-bond donors (Lipinski definition) is 2. The second-order valence-electron chi connectivity index (χ2n) is 5.07. The van der Waals surface area contributed by atoms with Crippen molar-refractivity contribution in [3.63, 3.8) is 0 Å². The maximum atomic E-state index is 10.5. The number of hydrogen-bond acceptors (Lipinski definition) is 3. The molecule has 0 spiro atoms. The monoisotopic (exact) mass is 340 g/mol. The van der Waals surface area contributed by atoms with Crippen LogP contribution in [0, 0.1) is 0 Å². The number of nitrogens with zero attached hydrogens (tertiary/aromatic N) is 1. The first kappa shape index (κ1) is 18.8. The van der Waals surface area contributed by atoms with Crippen molar-refractivity contribution in [2.45, 2.75) is 12.1 Å². The molecule has 0 amide bonds. The Morgan fingerprint density at radius 3 is 2.41 bits per heavy atom. The van der Waals surface area contributed by atoms with Crippen LogP contribution in [-0.2, 0) is 0 Å². The highest BCUT2D eigenvalue weighted by molar-refractivity contribution is 6.30. The van der Waals surface area contributed by atoms with Gasteiger partial charge in [-0.1, -0.05) is 48.0 Å². The number of likely N-dealkylation sites (N-methyl/N-ethyl adjacent to an activating group) is 2. The Morgan fingerprint density at radius 2 is 1.82 bits per heavy atom. The Bertz CT molecular complexity index is 566. The molecule has 22 heavy (non-hydrogen) atoms. The molecule has 0 heterocycles. The Labute approximate surface area is 143 Å². The van der Waals surface area contributed by atoms with Crippen molar-refractivity contribution in [3.8, 4) is 0 Å². The lowest BCUT2D eigenvalue weighted by Crippen LogP contribution is -2.39. The minimum absolute atomic E-state index is 0. The second kappa shape index (κ2) is 9.01. The highest BCUT2D eigenvalue weighted by Crippen LogP contribution is 2.29. The number of aliphatic hydroxyl groups is 1. The molecule has 0 radical (unpaired) electrons. The predicted molar refractivity (Wildman–Crippen MR) is 96.2 cm³/mol. The molecule has 120 valence electrons. The lowest BCUT2D eigenvalue weighted by atomic mass is 9.99. The van der Waals surface area contributed by atoms with Crippen LogP contribution < -0.4 is 10.2 Å². The van der Waals surface area contributed by atoms with Crippen molar-refractivity contribution in [1.29, 1.82) is 0 Å².